The van der Waals surface area contributed by atoms with Gasteiger partial charge in [0.1, 0.15) is 5.82 Å². The van der Waals surface area contributed by atoms with E-state index in [0.29, 0.717) is 12.2 Å². The fourth-order valence-electron chi connectivity index (χ4n) is 1.56. The van der Waals surface area contributed by atoms with Gasteiger partial charge in [-0.2, -0.15) is 9.97 Å². The maximum Gasteiger partial charge on any atom is 0.227 e. The number of hydrogen-bond donors (Lipinski definition) is 1. The molecular formula is C7H9ClN4O2S. The Morgan fingerprint density at radius 1 is 1.33 bits per heavy atom. The van der Waals surface area contributed by atoms with Crippen molar-refractivity contribution in [2.45, 2.75) is 12.3 Å². The standard InChI is InChI=1S/C7H9ClN4O2S/c8-6-10-5(11-7(9)12-6)4-1-2-15(13,14)3-4/h4H,1-3H2,(H2,9,10,11,12). The number of nitrogens with zero attached hydrogens (tertiary/aromatic N) is 3. The molecule has 2 N–H and O–H groups in total. The van der Waals surface area contributed by atoms with Crippen molar-refractivity contribution >= 4 is 27.4 Å². The Bertz CT molecular complexity index is 470. The van der Waals surface area contributed by atoms with Crippen molar-refractivity contribution in [2.75, 3.05) is 17.2 Å². The van der Waals surface area contributed by atoms with E-state index in [1.807, 2.05) is 0 Å². The molecule has 0 amide bonds. The van der Waals surface area contributed by atoms with Crippen LogP contribution in [0.25, 0.3) is 0 Å². The summed E-state index contributed by atoms with van der Waals surface area (Å²) >= 11 is 5.61. The number of nitrogens with two attached hydrogens (primary N) is 1. The molecule has 1 aromatic rings. The van der Waals surface area contributed by atoms with E-state index in [4.69, 9.17) is 17.3 Å². The second-order valence-electron chi connectivity index (χ2n) is 3.42. The first kappa shape index (κ1) is 10.6. The van der Waals surface area contributed by atoms with Crippen LogP contribution in [0.2, 0.25) is 5.28 Å². The minimum absolute atomic E-state index is 0.00166. The molecule has 0 saturated carbocycles. The number of anilines is 1. The van der Waals surface area contributed by atoms with Crippen LogP contribution in [0.3, 0.4) is 0 Å². The van der Waals surface area contributed by atoms with Gasteiger partial charge in [0.25, 0.3) is 0 Å². The minimum Gasteiger partial charge on any atom is -0.368 e. The molecule has 1 atom stereocenters. The van der Waals surface area contributed by atoms with Crippen LogP contribution >= 0.6 is 11.6 Å². The van der Waals surface area contributed by atoms with Crippen LogP contribution in [0.5, 0.6) is 0 Å². The topological polar surface area (TPSA) is 98.8 Å². The van der Waals surface area contributed by atoms with E-state index in [1.54, 1.807) is 0 Å². The maximum absolute atomic E-state index is 11.2. The van der Waals surface area contributed by atoms with Gasteiger partial charge in [-0.3, -0.25) is 0 Å². The molecule has 82 valence electrons. The van der Waals surface area contributed by atoms with Crippen molar-refractivity contribution in [1.29, 1.82) is 0 Å². The van der Waals surface area contributed by atoms with Crippen LogP contribution in [0.1, 0.15) is 18.2 Å². The van der Waals surface area contributed by atoms with Crippen molar-refractivity contribution in [2.24, 2.45) is 0 Å². The zero-order chi connectivity index (χ0) is 11.1. The lowest BCUT2D eigenvalue weighted by molar-refractivity contribution is 0.601. The summed E-state index contributed by atoms with van der Waals surface area (Å²) in [6, 6.07) is 0. The third-order valence-corrected chi connectivity index (χ3v) is 4.18. The predicted molar refractivity (Wildman–Crippen MR) is 55.3 cm³/mol. The molecule has 2 rings (SSSR count). The quantitative estimate of drug-likeness (QED) is 0.752. The van der Waals surface area contributed by atoms with Crippen LogP contribution in [-0.2, 0) is 9.84 Å². The number of rotatable bonds is 1. The zero-order valence-electron chi connectivity index (χ0n) is 7.72. The molecule has 0 bridgehead atoms. The summed E-state index contributed by atoms with van der Waals surface area (Å²) in [6.45, 7) is 0. The first-order valence-electron chi connectivity index (χ1n) is 4.34. The van der Waals surface area contributed by atoms with Crippen LogP contribution in [-0.4, -0.2) is 34.9 Å². The lowest BCUT2D eigenvalue weighted by Gasteiger charge is -2.05. The Labute approximate surface area is 91.8 Å². The van der Waals surface area contributed by atoms with E-state index in [-0.39, 0.29) is 28.7 Å². The van der Waals surface area contributed by atoms with Gasteiger partial charge in [-0.15, -0.1) is 0 Å². The molecule has 1 aromatic heterocycles. The van der Waals surface area contributed by atoms with E-state index < -0.39 is 9.84 Å². The van der Waals surface area contributed by atoms with Crippen LogP contribution in [0.4, 0.5) is 5.95 Å². The summed E-state index contributed by atoms with van der Waals surface area (Å²) in [4.78, 5) is 11.4. The van der Waals surface area contributed by atoms with Gasteiger partial charge >= 0.3 is 0 Å². The van der Waals surface area contributed by atoms with Gasteiger partial charge in [-0.05, 0) is 18.0 Å². The molecule has 2 heterocycles. The minimum atomic E-state index is -2.95. The Balaban J connectivity index is 2.31. The lowest BCUT2D eigenvalue weighted by Crippen LogP contribution is -2.10. The summed E-state index contributed by atoms with van der Waals surface area (Å²) in [5, 5.41) is 0.00166. The van der Waals surface area contributed by atoms with Crippen molar-refractivity contribution in [3.8, 4) is 0 Å². The number of sulfone groups is 1. The second kappa shape index (κ2) is 3.57. The van der Waals surface area contributed by atoms with Crippen molar-refractivity contribution in [3.63, 3.8) is 0 Å². The Hall–Kier alpha value is -0.950. The van der Waals surface area contributed by atoms with E-state index >= 15 is 0 Å². The Kier molecular flexibility index (Phi) is 2.51. The highest BCUT2D eigenvalue weighted by Crippen LogP contribution is 2.26. The molecule has 1 aliphatic heterocycles. The van der Waals surface area contributed by atoms with E-state index in [1.165, 1.54) is 0 Å². The zero-order valence-corrected chi connectivity index (χ0v) is 9.29. The largest absolute Gasteiger partial charge is 0.368 e. The molecule has 6 nitrogen and oxygen atoms in total. The molecule has 1 aliphatic rings. The smallest absolute Gasteiger partial charge is 0.227 e. The van der Waals surface area contributed by atoms with Gasteiger partial charge in [0, 0.05) is 5.92 Å². The Morgan fingerprint density at radius 2 is 2.07 bits per heavy atom. The maximum atomic E-state index is 11.2. The molecule has 1 unspecified atom stereocenters. The average molecular weight is 249 g/mol. The average Bonchev–Trinajstić information content (AvgIpc) is 2.44. The molecule has 0 aromatic carbocycles. The molecule has 1 saturated heterocycles. The highest BCUT2D eigenvalue weighted by molar-refractivity contribution is 7.91. The molecule has 0 aliphatic carbocycles. The third kappa shape index (κ3) is 2.35. The van der Waals surface area contributed by atoms with Gasteiger partial charge < -0.3 is 5.73 Å². The van der Waals surface area contributed by atoms with Gasteiger partial charge in [0.05, 0.1) is 11.5 Å². The summed E-state index contributed by atoms with van der Waals surface area (Å²) in [5.41, 5.74) is 5.40. The summed E-state index contributed by atoms with van der Waals surface area (Å²) in [6.07, 6.45) is 0.516. The van der Waals surface area contributed by atoms with Crippen molar-refractivity contribution in [1.82, 2.24) is 15.0 Å². The normalized spacial score (nSPS) is 24.2. The van der Waals surface area contributed by atoms with Gasteiger partial charge in [0.2, 0.25) is 11.2 Å². The molecule has 15 heavy (non-hydrogen) atoms. The SMILES string of the molecule is Nc1nc(Cl)nc(C2CCS(=O)(=O)C2)n1. The first-order valence-corrected chi connectivity index (χ1v) is 6.53. The first-order chi connectivity index (χ1) is 6.96. The molecule has 8 heteroatoms. The van der Waals surface area contributed by atoms with E-state index in [9.17, 15) is 8.42 Å². The van der Waals surface area contributed by atoms with Crippen molar-refractivity contribution < 1.29 is 8.42 Å². The van der Waals surface area contributed by atoms with Gasteiger partial charge in [-0.25, -0.2) is 13.4 Å². The monoisotopic (exact) mass is 248 g/mol. The number of halogens is 1. The molecule has 0 spiro atoms. The second-order valence-corrected chi connectivity index (χ2v) is 5.99. The summed E-state index contributed by atoms with van der Waals surface area (Å²) in [5.74, 6) is 0.411. The number of hydrogen-bond acceptors (Lipinski definition) is 6. The fraction of sp³-hybridized carbons (Fsp3) is 0.571. The van der Waals surface area contributed by atoms with Gasteiger partial charge in [-0.1, -0.05) is 0 Å². The van der Waals surface area contributed by atoms with Crippen LogP contribution < -0.4 is 5.73 Å². The van der Waals surface area contributed by atoms with Crippen molar-refractivity contribution in [3.05, 3.63) is 11.1 Å². The fourth-order valence-corrected chi connectivity index (χ4v) is 3.47. The Morgan fingerprint density at radius 3 is 2.60 bits per heavy atom. The third-order valence-electron chi connectivity index (χ3n) is 2.24. The highest BCUT2D eigenvalue weighted by atomic mass is 35.5. The molecule has 1 fully saturated rings. The highest BCUT2D eigenvalue weighted by Gasteiger charge is 2.31. The molecule has 0 radical (unpaired) electrons. The van der Waals surface area contributed by atoms with E-state index in [0.717, 1.165) is 0 Å². The van der Waals surface area contributed by atoms with Gasteiger partial charge in [0.15, 0.2) is 9.84 Å². The van der Waals surface area contributed by atoms with Crippen LogP contribution in [0.15, 0.2) is 0 Å². The number of nitrogen functional groups attached to an aromatic ring is 1. The number of aromatic nitrogens is 3. The predicted octanol–water partition coefficient (Wildman–Crippen LogP) is 0.00930. The lowest BCUT2D eigenvalue weighted by atomic mass is 10.1. The molecular weight excluding hydrogens is 240 g/mol. The van der Waals surface area contributed by atoms with E-state index in [2.05, 4.69) is 15.0 Å². The summed E-state index contributed by atoms with van der Waals surface area (Å²) < 4.78 is 22.5. The summed E-state index contributed by atoms with van der Waals surface area (Å²) in [7, 11) is -2.95. The van der Waals surface area contributed by atoms with Crippen LogP contribution in [0, 0.1) is 0 Å².